The molecule has 0 N–H and O–H groups in total. The molecule has 0 radical (unpaired) electrons. The molecule has 0 aromatic carbocycles. The second kappa shape index (κ2) is 5.80. The van der Waals surface area contributed by atoms with E-state index in [-0.39, 0.29) is 0 Å². The van der Waals surface area contributed by atoms with E-state index in [9.17, 15) is 0 Å². The van der Waals surface area contributed by atoms with Crippen LogP contribution in [-0.4, -0.2) is 6.61 Å². The Balaban J connectivity index is 3.07. The minimum atomic E-state index is 0.778. The Morgan fingerprint density at radius 2 is 1.88 bits per heavy atom. The summed E-state index contributed by atoms with van der Waals surface area (Å²) in [5.74, 6) is 0.778. The first-order chi connectivity index (χ1) is 3.85. The summed E-state index contributed by atoms with van der Waals surface area (Å²) in [6, 6.07) is 0. The Labute approximate surface area is 63.7 Å². The Morgan fingerprint density at radius 1 is 1.38 bits per heavy atom. The Kier molecular flexibility index (Phi) is 6.29. The monoisotopic (exact) mass is 149 g/mol. The Morgan fingerprint density at radius 3 is 2.00 bits per heavy atom. The number of hydrogen-bond acceptors (Lipinski definition) is 1. The summed E-state index contributed by atoms with van der Waals surface area (Å²) in [7, 11) is 0. The van der Waals surface area contributed by atoms with Crippen molar-refractivity contribution in [2.75, 3.05) is 6.61 Å². The van der Waals surface area contributed by atoms with E-state index in [0.29, 0.717) is 0 Å². The molecule has 0 aromatic heterocycles. The van der Waals surface area contributed by atoms with Crippen LogP contribution in [0.2, 0.25) is 0 Å². The van der Waals surface area contributed by atoms with Gasteiger partial charge in [-0.25, -0.2) is 0 Å². The van der Waals surface area contributed by atoms with Gasteiger partial charge in [0.15, 0.2) is 0 Å². The second-order valence-corrected chi connectivity index (χ2v) is 2.44. The van der Waals surface area contributed by atoms with E-state index in [4.69, 9.17) is 3.32 Å². The van der Waals surface area contributed by atoms with Crippen LogP contribution in [0.4, 0.5) is 0 Å². The molecule has 47 valence electrons. The predicted molar refractivity (Wildman–Crippen MR) is 30.0 cm³/mol. The summed E-state index contributed by atoms with van der Waals surface area (Å²) >= 11 is 1.76. The first kappa shape index (κ1) is 8.67. The summed E-state index contributed by atoms with van der Waals surface area (Å²) in [6.07, 6.45) is 2.48. The topological polar surface area (TPSA) is 9.23 Å². The molecule has 0 saturated heterocycles. The molecule has 0 bridgehead atoms. The third-order valence-electron chi connectivity index (χ3n) is 1.47. The van der Waals surface area contributed by atoms with E-state index in [1.807, 2.05) is 0 Å². The molecule has 0 aliphatic carbocycles. The van der Waals surface area contributed by atoms with Crippen molar-refractivity contribution in [2.45, 2.75) is 26.7 Å². The average Bonchev–Trinajstić information content (AvgIpc) is 1.83. The second-order valence-electron chi connectivity index (χ2n) is 1.99. The Bertz CT molecular complexity index is 43.8. The molecule has 8 heavy (non-hydrogen) atoms. The average molecular weight is 149 g/mol. The maximum absolute atomic E-state index is 4.99. The molecule has 1 nitrogen and oxygen atoms in total. The van der Waals surface area contributed by atoms with Crippen LogP contribution in [0.3, 0.4) is 0 Å². The SMILES string of the molecule is CCC(CC)C[O][Ti]. The Hall–Kier alpha value is 0.674. The van der Waals surface area contributed by atoms with Crippen molar-refractivity contribution in [3.63, 3.8) is 0 Å². The predicted octanol–water partition coefficient (Wildman–Crippen LogP) is 1.90. The molecule has 0 heterocycles. The fraction of sp³-hybridized carbons (Fsp3) is 1.00. The summed E-state index contributed by atoms with van der Waals surface area (Å²) < 4.78 is 4.99. The molecule has 2 heteroatoms. The van der Waals surface area contributed by atoms with Gasteiger partial charge in [0.2, 0.25) is 0 Å². The molecule has 0 saturated carbocycles. The van der Waals surface area contributed by atoms with Gasteiger partial charge in [-0.2, -0.15) is 0 Å². The van der Waals surface area contributed by atoms with Gasteiger partial charge < -0.3 is 0 Å². The van der Waals surface area contributed by atoms with Gasteiger partial charge in [0.05, 0.1) is 0 Å². The molecule has 0 amide bonds. The van der Waals surface area contributed by atoms with E-state index < -0.39 is 0 Å². The van der Waals surface area contributed by atoms with Crippen LogP contribution in [0, 0.1) is 5.92 Å². The zero-order valence-electron chi connectivity index (χ0n) is 5.61. The van der Waals surface area contributed by atoms with Gasteiger partial charge >= 0.3 is 63.4 Å². The van der Waals surface area contributed by atoms with Crippen LogP contribution in [0.5, 0.6) is 0 Å². The third kappa shape index (κ3) is 3.65. The first-order valence-corrected chi connectivity index (χ1v) is 3.77. The van der Waals surface area contributed by atoms with Crippen LogP contribution in [0.15, 0.2) is 0 Å². The summed E-state index contributed by atoms with van der Waals surface area (Å²) in [5.41, 5.74) is 0. The molecule has 0 atom stereocenters. The van der Waals surface area contributed by atoms with Crippen LogP contribution < -0.4 is 0 Å². The fourth-order valence-corrected chi connectivity index (χ4v) is 1.01. The van der Waals surface area contributed by atoms with E-state index in [0.717, 1.165) is 12.5 Å². The molecule has 0 aliphatic rings. The van der Waals surface area contributed by atoms with Crippen LogP contribution in [-0.2, 0) is 24.1 Å². The summed E-state index contributed by atoms with van der Waals surface area (Å²) in [6.45, 7) is 5.33. The van der Waals surface area contributed by atoms with Crippen molar-refractivity contribution >= 4 is 0 Å². The standard InChI is InChI=1S/C6H13O.Ti/c1-3-6(4-2)5-7;/h6H,3-5H2,1-2H3;/q-1;+1. The number of hydrogen-bond donors (Lipinski definition) is 0. The van der Waals surface area contributed by atoms with Gasteiger partial charge in [-0.3, -0.25) is 0 Å². The molecule has 0 aromatic rings. The first-order valence-electron chi connectivity index (χ1n) is 3.13. The van der Waals surface area contributed by atoms with E-state index in [2.05, 4.69) is 13.8 Å². The van der Waals surface area contributed by atoms with Crippen molar-refractivity contribution in [2.24, 2.45) is 5.92 Å². The van der Waals surface area contributed by atoms with Crippen molar-refractivity contribution in [3.8, 4) is 0 Å². The van der Waals surface area contributed by atoms with Gasteiger partial charge in [-0.15, -0.1) is 0 Å². The summed E-state index contributed by atoms with van der Waals surface area (Å²) in [5, 5.41) is 0. The van der Waals surface area contributed by atoms with Gasteiger partial charge in [0, 0.05) is 0 Å². The number of rotatable bonds is 4. The van der Waals surface area contributed by atoms with Crippen molar-refractivity contribution in [1.82, 2.24) is 0 Å². The molecule has 0 aliphatic heterocycles. The van der Waals surface area contributed by atoms with Gasteiger partial charge in [0.25, 0.3) is 0 Å². The van der Waals surface area contributed by atoms with Crippen molar-refractivity contribution in [1.29, 1.82) is 0 Å². The minimum absolute atomic E-state index is 0.778. The zero-order chi connectivity index (χ0) is 6.41. The van der Waals surface area contributed by atoms with Crippen LogP contribution in [0.25, 0.3) is 0 Å². The van der Waals surface area contributed by atoms with Crippen LogP contribution in [0.1, 0.15) is 26.7 Å². The van der Waals surface area contributed by atoms with Gasteiger partial charge in [-0.1, -0.05) is 0 Å². The molecule has 0 spiro atoms. The van der Waals surface area contributed by atoms with E-state index in [1.165, 1.54) is 12.8 Å². The van der Waals surface area contributed by atoms with Crippen molar-refractivity contribution < 1.29 is 24.1 Å². The van der Waals surface area contributed by atoms with Gasteiger partial charge in [0.1, 0.15) is 0 Å². The molecular formula is C6H13OTi. The van der Waals surface area contributed by atoms with Gasteiger partial charge in [-0.05, 0) is 0 Å². The summed E-state index contributed by atoms with van der Waals surface area (Å²) in [4.78, 5) is 0. The molecule has 0 fully saturated rings. The fourth-order valence-electron chi connectivity index (χ4n) is 0.642. The van der Waals surface area contributed by atoms with Crippen LogP contribution >= 0.6 is 0 Å². The van der Waals surface area contributed by atoms with E-state index >= 15 is 0 Å². The quantitative estimate of drug-likeness (QED) is 0.554. The normalized spacial score (nSPS) is 10.2. The van der Waals surface area contributed by atoms with Crippen molar-refractivity contribution in [3.05, 3.63) is 0 Å². The van der Waals surface area contributed by atoms with E-state index in [1.54, 1.807) is 20.8 Å². The zero-order valence-corrected chi connectivity index (χ0v) is 7.17. The maximum atomic E-state index is 4.99. The molecule has 0 unspecified atom stereocenters. The third-order valence-corrected chi connectivity index (χ3v) is 1.73. The molecular weight excluding hydrogens is 136 g/mol. The molecule has 0 rings (SSSR count).